The van der Waals surface area contributed by atoms with Crippen LogP contribution in [0.25, 0.3) is 0 Å². The lowest BCUT2D eigenvalue weighted by Gasteiger charge is -2.18. The molecule has 0 amide bonds. The van der Waals surface area contributed by atoms with Crippen molar-refractivity contribution in [2.24, 2.45) is 14.1 Å². The van der Waals surface area contributed by atoms with E-state index >= 15 is 0 Å². The fourth-order valence-electron chi connectivity index (χ4n) is 2.82. The molecule has 0 aliphatic rings. The Balaban J connectivity index is 2.10. The van der Waals surface area contributed by atoms with Gasteiger partial charge in [-0.05, 0) is 45.2 Å². The summed E-state index contributed by atoms with van der Waals surface area (Å²) < 4.78 is 4.08. The summed E-state index contributed by atoms with van der Waals surface area (Å²) in [7, 11) is 4.07. The molecule has 2 rings (SSSR count). The molecular weight excluding hydrogens is 262 g/mol. The maximum Gasteiger partial charge on any atom is 0.125 e. The van der Waals surface area contributed by atoms with Crippen molar-refractivity contribution in [1.29, 1.82) is 0 Å². The smallest absolute Gasteiger partial charge is 0.125 e. The Kier molecular flexibility index (Phi) is 5.17. The Morgan fingerprint density at radius 1 is 1.29 bits per heavy atom. The molecule has 1 N–H and O–H groups in total. The van der Waals surface area contributed by atoms with Gasteiger partial charge < -0.3 is 9.88 Å². The highest BCUT2D eigenvalue weighted by Crippen LogP contribution is 2.21. The summed E-state index contributed by atoms with van der Waals surface area (Å²) >= 11 is 0. The molecule has 1 unspecified atom stereocenters. The minimum atomic E-state index is 0.295. The number of rotatable bonds is 7. The number of imidazole rings is 1. The summed E-state index contributed by atoms with van der Waals surface area (Å²) in [6, 6.07) is 0.295. The number of hydrogen-bond donors (Lipinski definition) is 1. The van der Waals surface area contributed by atoms with Gasteiger partial charge in [-0.25, -0.2) is 4.98 Å². The van der Waals surface area contributed by atoms with Gasteiger partial charge in [0.2, 0.25) is 0 Å². The van der Waals surface area contributed by atoms with Crippen LogP contribution in [0.15, 0.2) is 12.4 Å². The van der Waals surface area contributed by atoms with Gasteiger partial charge in [0.15, 0.2) is 0 Å². The molecule has 0 saturated carbocycles. The summed E-state index contributed by atoms with van der Waals surface area (Å²) in [6.07, 6.45) is 7.08. The van der Waals surface area contributed by atoms with Crippen molar-refractivity contribution in [2.45, 2.75) is 46.1 Å². The van der Waals surface area contributed by atoms with Crippen LogP contribution in [0.3, 0.4) is 0 Å². The lowest BCUT2D eigenvalue weighted by molar-refractivity contribution is 0.465. The average Bonchev–Trinajstić information content (AvgIpc) is 2.97. The zero-order chi connectivity index (χ0) is 15.4. The van der Waals surface area contributed by atoms with Crippen molar-refractivity contribution in [3.63, 3.8) is 0 Å². The van der Waals surface area contributed by atoms with Crippen molar-refractivity contribution in [3.8, 4) is 0 Å². The molecule has 21 heavy (non-hydrogen) atoms. The second-order valence-electron chi connectivity index (χ2n) is 5.71. The van der Waals surface area contributed by atoms with E-state index < -0.39 is 0 Å². The van der Waals surface area contributed by atoms with Crippen molar-refractivity contribution in [3.05, 3.63) is 35.2 Å². The zero-order valence-electron chi connectivity index (χ0n) is 13.8. The van der Waals surface area contributed by atoms with Crippen LogP contribution >= 0.6 is 0 Å². The number of nitrogens with zero attached hydrogens (tertiary/aromatic N) is 4. The van der Waals surface area contributed by atoms with E-state index in [1.54, 1.807) is 0 Å². The van der Waals surface area contributed by atoms with Crippen LogP contribution in [-0.4, -0.2) is 25.9 Å². The van der Waals surface area contributed by atoms with Gasteiger partial charge in [0.05, 0.1) is 11.7 Å². The number of hydrogen-bond acceptors (Lipinski definition) is 3. The van der Waals surface area contributed by atoms with Crippen molar-refractivity contribution >= 4 is 0 Å². The highest BCUT2D eigenvalue weighted by atomic mass is 15.3. The van der Waals surface area contributed by atoms with E-state index in [0.717, 1.165) is 37.3 Å². The maximum absolute atomic E-state index is 4.51. The molecular formula is C16H27N5. The SMILES string of the molecule is CCCNC(CCc1c(C)nn(C)c1C)c1nccn1C. The van der Waals surface area contributed by atoms with Gasteiger partial charge >= 0.3 is 0 Å². The Bertz CT molecular complexity index is 582. The van der Waals surface area contributed by atoms with Crippen LogP contribution in [0.1, 0.15) is 48.6 Å². The van der Waals surface area contributed by atoms with E-state index in [4.69, 9.17) is 0 Å². The molecule has 0 fully saturated rings. The first kappa shape index (κ1) is 15.8. The van der Waals surface area contributed by atoms with E-state index in [1.165, 1.54) is 11.3 Å². The van der Waals surface area contributed by atoms with Gasteiger partial charge in [-0.1, -0.05) is 6.92 Å². The monoisotopic (exact) mass is 289 g/mol. The second-order valence-corrected chi connectivity index (χ2v) is 5.71. The third kappa shape index (κ3) is 3.53. The first-order valence-corrected chi connectivity index (χ1v) is 7.74. The highest BCUT2D eigenvalue weighted by molar-refractivity contribution is 5.24. The normalized spacial score (nSPS) is 12.8. The second kappa shape index (κ2) is 6.89. The molecule has 0 radical (unpaired) electrons. The first-order chi connectivity index (χ1) is 10.0. The fourth-order valence-corrected chi connectivity index (χ4v) is 2.82. The molecule has 1 atom stereocenters. The van der Waals surface area contributed by atoms with Crippen LogP contribution in [0.5, 0.6) is 0 Å². The lowest BCUT2D eigenvalue weighted by Crippen LogP contribution is -2.25. The van der Waals surface area contributed by atoms with Crippen LogP contribution < -0.4 is 5.32 Å². The minimum Gasteiger partial charge on any atom is -0.337 e. The molecule has 0 spiro atoms. The largest absolute Gasteiger partial charge is 0.337 e. The standard InChI is InChI=1S/C16H27N5/c1-6-9-17-15(16-18-10-11-20(16)4)8-7-14-12(2)19-21(5)13(14)3/h10-11,15,17H,6-9H2,1-5H3. The van der Waals surface area contributed by atoms with Gasteiger partial charge in [0.25, 0.3) is 0 Å². The number of aromatic nitrogens is 4. The summed E-state index contributed by atoms with van der Waals surface area (Å²) in [5, 5.41) is 8.12. The van der Waals surface area contributed by atoms with Crippen LogP contribution in [-0.2, 0) is 20.5 Å². The van der Waals surface area contributed by atoms with E-state index in [1.807, 2.05) is 24.1 Å². The van der Waals surface area contributed by atoms with Crippen LogP contribution in [0, 0.1) is 13.8 Å². The van der Waals surface area contributed by atoms with Crippen molar-refractivity contribution < 1.29 is 0 Å². The summed E-state index contributed by atoms with van der Waals surface area (Å²) in [5.74, 6) is 1.11. The van der Waals surface area contributed by atoms with Gasteiger partial charge in [0, 0.05) is 32.2 Å². The topological polar surface area (TPSA) is 47.7 Å². The Hall–Kier alpha value is -1.62. The number of aryl methyl sites for hydroxylation is 3. The maximum atomic E-state index is 4.51. The van der Waals surface area contributed by atoms with E-state index in [9.17, 15) is 0 Å². The van der Waals surface area contributed by atoms with Crippen LogP contribution in [0.4, 0.5) is 0 Å². The van der Waals surface area contributed by atoms with Crippen LogP contribution in [0.2, 0.25) is 0 Å². The van der Waals surface area contributed by atoms with Gasteiger partial charge in [0.1, 0.15) is 5.82 Å². The lowest BCUT2D eigenvalue weighted by atomic mass is 10.0. The van der Waals surface area contributed by atoms with Gasteiger partial charge in [-0.2, -0.15) is 5.10 Å². The molecule has 0 aromatic carbocycles. The molecule has 0 aliphatic heterocycles. The van der Waals surface area contributed by atoms with E-state index in [2.05, 4.69) is 47.8 Å². The molecule has 116 valence electrons. The molecule has 0 saturated heterocycles. The summed E-state index contributed by atoms with van der Waals surface area (Å²) in [4.78, 5) is 4.51. The predicted molar refractivity (Wildman–Crippen MR) is 85.2 cm³/mol. The predicted octanol–water partition coefficient (Wildman–Crippen LogP) is 2.44. The average molecular weight is 289 g/mol. The highest BCUT2D eigenvalue weighted by Gasteiger charge is 2.17. The Morgan fingerprint density at radius 3 is 2.57 bits per heavy atom. The molecule has 2 aromatic rings. The van der Waals surface area contributed by atoms with Gasteiger partial charge in [-0.3, -0.25) is 4.68 Å². The summed E-state index contributed by atoms with van der Waals surface area (Å²) in [5.41, 5.74) is 3.78. The fraction of sp³-hybridized carbons (Fsp3) is 0.625. The third-order valence-corrected chi connectivity index (χ3v) is 4.15. The van der Waals surface area contributed by atoms with Gasteiger partial charge in [-0.15, -0.1) is 0 Å². The van der Waals surface area contributed by atoms with Crippen molar-refractivity contribution in [2.75, 3.05) is 6.54 Å². The van der Waals surface area contributed by atoms with E-state index in [-0.39, 0.29) is 0 Å². The van der Waals surface area contributed by atoms with Crippen molar-refractivity contribution in [1.82, 2.24) is 24.6 Å². The summed E-state index contributed by atoms with van der Waals surface area (Å²) in [6.45, 7) is 7.45. The minimum absolute atomic E-state index is 0.295. The molecule has 5 heteroatoms. The molecule has 2 heterocycles. The number of nitrogens with one attached hydrogen (secondary N) is 1. The Labute approximate surface area is 127 Å². The molecule has 2 aromatic heterocycles. The molecule has 0 aliphatic carbocycles. The first-order valence-electron chi connectivity index (χ1n) is 7.74. The quantitative estimate of drug-likeness (QED) is 0.851. The Morgan fingerprint density at radius 2 is 2.05 bits per heavy atom. The zero-order valence-corrected chi connectivity index (χ0v) is 13.8. The third-order valence-electron chi connectivity index (χ3n) is 4.15. The molecule has 5 nitrogen and oxygen atoms in total. The molecule has 0 bridgehead atoms. The van der Waals surface area contributed by atoms with E-state index in [0.29, 0.717) is 6.04 Å².